The van der Waals surface area contributed by atoms with E-state index in [0.717, 1.165) is 30.1 Å². The molecule has 0 aromatic carbocycles. The highest BCUT2D eigenvalue weighted by Crippen LogP contribution is 2.30. The Morgan fingerprint density at radius 2 is 2.14 bits per heavy atom. The second kappa shape index (κ2) is 7.62. The van der Waals surface area contributed by atoms with Gasteiger partial charge in [0.15, 0.2) is 17.5 Å². The highest BCUT2D eigenvalue weighted by Gasteiger charge is 2.32. The summed E-state index contributed by atoms with van der Waals surface area (Å²) in [6, 6.07) is 1.44. The number of hydrogen-bond acceptors (Lipinski definition) is 6. The molecule has 4 rings (SSSR count). The van der Waals surface area contributed by atoms with Gasteiger partial charge in [-0.05, 0) is 25.3 Å². The van der Waals surface area contributed by atoms with Crippen LogP contribution in [0.15, 0.2) is 24.7 Å². The van der Waals surface area contributed by atoms with Gasteiger partial charge in [0.05, 0.1) is 23.4 Å². The summed E-state index contributed by atoms with van der Waals surface area (Å²) in [6.45, 7) is 0. The Labute approximate surface area is 166 Å². The van der Waals surface area contributed by atoms with Crippen molar-refractivity contribution in [2.45, 2.75) is 37.5 Å². The van der Waals surface area contributed by atoms with Crippen molar-refractivity contribution in [2.75, 3.05) is 12.4 Å². The number of ether oxygens (including phenoxy) is 1. The smallest absolute Gasteiger partial charge is 0.183 e. The third-order valence-electron chi connectivity index (χ3n) is 5.19. The second-order valence-corrected chi connectivity index (χ2v) is 7.45. The number of methoxy groups -OCH3 is 1. The topological polar surface area (TPSA) is 85.1 Å². The molecule has 2 N–H and O–H groups in total. The van der Waals surface area contributed by atoms with Gasteiger partial charge >= 0.3 is 0 Å². The first-order valence-electron chi connectivity index (χ1n) is 9.09. The average molecular weight is 406 g/mol. The molecule has 3 aromatic heterocycles. The largest absolute Gasteiger partial charge is 0.388 e. The average Bonchev–Trinajstić information content (AvgIpc) is 3.01. The highest BCUT2D eigenvalue weighted by atomic mass is 35.5. The third kappa shape index (κ3) is 3.43. The van der Waals surface area contributed by atoms with Gasteiger partial charge in [-0.15, -0.1) is 0 Å². The maximum absolute atomic E-state index is 14.4. The van der Waals surface area contributed by atoms with Crippen molar-refractivity contribution in [3.05, 3.63) is 35.5 Å². The minimum atomic E-state index is -0.739. The van der Waals surface area contributed by atoms with E-state index in [1.54, 1.807) is 19.4 Å². The van der Waals surface area contributed by atoms with Crippen LogP contribution in [-0.4, -0.2) is 50.0 Å². The van der Waals surface area contributed by atoms with Crippen LogP contribution in [0.3, 0.4) is 0 Å². The van der Waals surface area contributed by atoms with Crippen molar-refractivity contribution in [3.8, 4) is 11.4 Å². The first-order valence-corrected chi connectivity index (χ1v) is 9.46. The third-order valence-corrected chi connectivity index (χ3v) is 5.39. The first-order chi connectivity index (χ1) is 13.5. The number of anilines is 1. The Morgan fingerprint density at radius 1 is 1.32 bits per heavy atom. The van der Waals surface area contributed by atoms with Crippen LogP contribution in [-0.2, 0) is 11.8 Å². The van der Waals surface area contributed by atoms with Crippen LogP contribution in [0.4, 0.5) is 10.2 Å². The number of hydrogen-bond donors (Lipinski definition) is 2. The molecule has 0 saturated heterocycles. The number of nitrogens with zero attached hydrogens (tertiary/aromatic N) is 4. The molecular formula is C19H21ClFN5O2. The first kappa shape index (κ1) is 19.0. The lowest BCUT2D eigenvalue weighted by Crippen LogP contribution is -2.46. The fourth-order valence-electron chi connectivity index (χ4n) is 3.74. The fraction of sp³-hybridized carbons (Fsp3) is 0.421. The van der Waals surface area contributed by atoms with Gasteiger partial charge in [-0.2, -0.15) is 0 Å². The summed E-state index contributed by atoms with van der Waals surface area (Å²) in [5.41, 5.74) is 1.43. The number of fused-ring (bicyclic) bond motifs is 1. The molecule has 7 nitrogen and oxygen atoms in total. The van der Waals surface area contributed by atoms with Crippen LogP contribution in [0.5, 0.6) is 0 Å². The number of rotatable bonds is 4. The molecule has 0 radical (unpaired) electrons. The molecule has 0 aliphatic heterocycles. The zero-order chi connectivity index (χ0) is 19.8. The molecule has 3 unspecified atom stereocenters. The number of nitrogens with one attached hydrogen (secondary N) is 1. The molecule has 1 fully saturated rings. The Morgan fingerprint density at radius 3 is 2.93 bits per heavy atom. The summed E-state index contributed by atoms with van der Waals surface area (Å²) < 4.78 is 21.6. The molecule has 0 spiro atoms. The Hall–Kier alpha value is -2.29. The molecule has 148 valence electrons. The number of aromatic nitrogens is 4. The summed E-state index contributed by atoms with van der Waals surface area (Å²) in [7, 11) is 3.43. The molecule has 0 amide bonds. The number of aliphatic hydroxyl groups is 1. The summed E-state index contributed by atoms with van der Waals surface area (Å²) in [5, 5.41) is 14.8. The maximum atomic E-state index is 14.4. The van der Waals surface area contributed by atoms with E-state index in [1.165, 1.54) is 0 Å². The molecule has 1 aliphatic rings. The zero-order valence-corrected chi connectivity index (χ0v) is 16.3. The maximum Gasteiger partial charge on any atom is 0.183 e. The SMILES string of the molecule is COC1CCCC(Nc2nc(-c3cn(C)c4ncc(Cl)cc34)ncc2F)C1O. The van der Waals surface area contributed by atoms with E-state index in [9.17, 15) is 9.50 Å². The normalized spacial score (nSPS) is 22.5. The van der Waals surface area contributed by atoms with Gasteiger partial charge in [0.25, 0.3) is 0 Å². The second-order valence-electron chi connectivity index (χ2n) is 7.02. The van der Waals surface area contributed by atoms with Crippen molar-refractivity contribution in [2.24, 2.45) is 7.05 Å². The molecule has 1 aliphatic carbocycles. The van der Waals surface area contributed by atoms with Crippen molar-refractivity contribution < 1.29 is 14.2 Å². The van der Waals surface area contributed by atoms with Gasteiger partial charge in [-0.25, -0.2) is 19.3 Å². The Balaban J connectivity index is 1.69. The fourth-order valence-corrected chi connectivity index (χ4v) is 3.90. The molecule has 0 bridgehead atoms. The lowest BCUT2D eigenvalue weighted by atomic mass is 9.90. The minimum absolute atomic E-state index is 0.0535. The van der Waals surface area contributed by atoms with Crippen LogP contribution < -0.4 is 5.32 Å². The molecule has 28 heavy (non-hydrogen) atoms. The molecular weight excluding hydrogens is 385 g/mol. The van der Waals surface area contributed by atoms with Crippen molar-refractivity contribution >= 4 is 28.5 Å². The molecule has 1 saturated carbocycles. The van der Waals surface area contributed by atoms with Gasteiger partial charge in [0.1, 0.15) is 11.8 Å². The van der Waals surface area contributed by atoms with Crippen LogP contribution in [0, 0.1) is 5.82 Å². The number of halogens is 2. The van der Waals surface area contributed by atoms with Crippen LogP contribution >= 0.6 is 11.6 Å². The van der Waals surface area contributed by atoms with E-state index < -0.39 is 11.9 Å². The summed E-state index contributed by atoms with van der Waals surface area (Å²) >= 11 is 6.09. The highest BCUT2D eigenvalue weighted by molar-refractivity contribution is 6.31. The van der Waals surface area contributed by atoms with Gasteiger partial charge < -0.3 is 19.7 Å². The quantitative estimate of drug-likeness (QED) is 0.693. The molecule has 9 heteroatoms. The molecule has 3 heterocycles. The molecule has 3 atom stereocenters. The molecule has 3 aromatic rings. The predicted octanol–water partition coefficient (Wildman–Crippen LogP) is 3.16. The van der Waals surface area contributed by atoms with E-state index in [-0.39, 0.29) is 18.0 Å². The van der Waals surface area contributed by atoms with Crippen LogP contribution in [0.1, 0.15) is 19.3 Å². The van der Waals surface area contributed by atoms with Gasteiger partial charge in [-0.3, -0.25) is 0 Å². The van der Waals surface area contributed by atoms with Crippen molar-refractivity contribution in [1.29, 1.82) is 0 Å². The summed E-state index contributed by atoms with van der Waals surface area (Å²) in [5.74, 6) is -0.170. The van der Waals surface area contributed by atoms with E-state index in [2.05, 4.69) is 20.3 Å². The van der Waals surface area contributed by atoms with Gasteiger partial charge in [-0.1, -0.05) is 11.6 Å². The van der Waals surface area contributed by atoms with Crippen molar-refractivity contribution in [1.82, 2.24) is 19.5 Å². The number of aliphatic hydroxyl groups excluding tert-OH is 1. The van der Waals surface area contributed by atoms with Crippen molar-refractivity contribution in [3.63, 3.8) is 0 Å². The van der Waals surface area contributed by atoms with E-state index in [0.29, 0.717) is 22.8 Å². The number of pyridine rings is 1. The lowest BCUT2D eigenvalue weighted by molar-refractivity contribution is -0.0421. The number of aryl methyl sites for hydroxylation is 1. The minimum Gasteiger partial charge on any atom is -0.388 e. The van der Waals surface area contributed by atoms with Gasteiger partial charge in [0, 0.05) is 37.5 Å². The van der Waals surface area contributed by atoms with E-state index in [1.807, 2.05) is 17.8 Å². The Kier molecular flexibility index (Phi) is 5.18. The summed E-state index contributed by atoms with van der Waals surface area (Å²) in [6.07, 6.45) is 5.87. The van der Waals surface area contributed by atoms with E-state index >= 15 is 0 Å². The van der Waals surface area contributed by atoms with Crippen LogP contribution in [0.25, 0.3) is 22.4 Å². The van der Waals surface area contributed by atoms with E-state index in [4.69, 9.17) is 16.3 Å². The lowest BCUT2D eigenvalue weighted by Gasteiger charge is -2.34. The zero-order valence-electron chi connectivity index (χ0n) is 15.6. The van der Waals surface area contributed by atoms with Crippen LogP contribution in [0.2, 0.25) is 5.02 Å². The monoisotopic (exact) mass is 405 g/mol. The van der Waals surface area contributed by atoms with Gasteiger partial charge in [0.2, 0.25) is 0 Å². The summed E-state index contributed by atoms with van der Waals surface area (Å²) in [4.78, 5) is 12.9. The standard InChI is InChI=1S/C19H21ClFN5O2/c1-26-9-12(11-6-10(20)7-23-19(11)26)17-22-8-13(21)18(25-17)24-14-4-3-5-15(28-2)16(14)27/h6-9,14-16,27H,3-5H2,1-2H3,(H,22,24,25). The predicted molar refractivity (Wildman–Crippen MR) is 105 cm³/mol. The Bertz CT molecular complexity index is 1010.